The van der Waals surface area contributed by atoms with E-state index in [9.17, 15) is 13.2 Å². The Balaban J connectivity index is 1.06. The number of nitrogens with one attached hydrogen (secondary N) is 3. The largest absolute Gasteiger partial charge is 0.378 e. The maximum absolute atomic E-state index is 12.8. The van der Waals surface area contributed by atoms with E-state index in [-0.39, 0.29) is 30.0 Å². The van der Waals surface area contributed by atoms with E-state index in [1.807, 2.05) is 56.4 Å². The molecule has 1 aliphatic rings. The zero-order valence-corrected chi connectivity index (χ0v) is 27.8. The van der Waals surface area contributed by atoms with E-state index in [1.54, 1.807) is 18.2 Å². The van der Waals surface area contributed by atoms with Gasteiger partial charge in [0.2, 0.25) is 10.0 Å². The minimum absolute atomic E-state index is 0.0294. The standard InChI is InChI=1S/C32H40Cl2N4O6S/c1-23-3-7-26(8-4-23)37-32(39)35-11-13-42-15-17-44-18-16-43-14-12-36-45(40,41)27-9-5-24(6-10-27)29-21-38(2)22-30-28(29)19-25(33)20-31(30)34/h3-10,19-20,29,36H,11-18,21-22H2,1-2H3,(H2,35,37,39). The Morgan fingerprint density at radius 1 is 0.889 bits per heavy atom. The molecule has 45 heavy (non-hydrogen) atoms. The van der Waals surface area contributed by atoms with E-state index in [2.05, 4.69) is 20.3 Å². The highest BCUT2D eigenvalue weighted by Crippen LogP contribution is 2.38. The number of hydrogen-bond donors (Lipinski definition) is 3. The normalized spacial score (nSPS) is 15.1. The Labute approximate surface area is 275 Å². The predicted molar refractivity (Wildman–Crippen MR) is 177 cm³/mol. The summed E-state index contributed by atoms with van der Waals surface area (Å²) >= 11 is 12.8. The molecule has 10 nitrogen and oxygen atoms in total. The van der Waals surface area contributed by atoms with Crippen LogP contribution in [0.15, 0.2) is 65.6 Å². The third kappa shape index (κ3) is 10.9. The molecule has 4 rings (SSSR count). The van der Waals surface area contributed by atoms with Crippen LogP contribution < -0.4 is 15.4 Å². The van der Waals surface area contributed by atoms with Gasteiger partial charge in [0.1, 0.15) is 0 Å². The van der Waals surface area contributed by atoms with Crippen molar-refractivity contribution in [3.05, 3.63) is 93.0 Å². The predicted octanol–water partition coefficient (Wildman–Crippen LogP) is 5.03. The molecular formula is C32H40Cl2N4O6S. The number of carbonyl (C=O) groups is 1. The minimum atomic E-state index is -3.69. The molecule has 0 saturated heterocycles. The number of halogens is 2. The third-order valence-electron chi connectivity index (χ3n) is 7.21. The van der Waals surface area contributed by atoms with Gasteiger partial charge in [-0.3, -0.25) is 0 Å². The van der Waals surface area contributed by atoms with E-state index in [4.69, 9.17) is 37.4 Å². The number of carbonyl (C=O) groups excluding carboxylic acids is 1. The van der Waals surface area contributed by atoms with Gasteiger partial charge in [-0.25, -0.2) is 17.9 Å². The first-order valence-corrected chi connectivity index (χ1v) is 17.0. The average molecular weight is 680 g/mol. The molecule has 0 spiro atoms. The zero-order chi connectivity index (χ0) is 32.2. The van der Waals surface area contributed by atoms with Crippen LogP contribution in [0.1, 0.15) is 28.2 Å². The van der Waals surface area contributed by atoms with Gasteiger partial charge < -0.3 is 29.7 Å². The fourth-order valence-corrected chi connectivity index (χ4v) is 6.51. The van der Waals surface area contributed by atoms with Crippen molar-refractivity contribution in [3.63, 3.8) is 0 Å². The van der Waals surface area contributed by atoms with Crippen LogP contribution in [0.3, 0.4) is 0 Å². The van der Waals surface area contributed by atoms with E-state index < -0.39 is 10.0 Å². The fourth-order valence-electron chi connectivity index (χ4n) is 4.93. The number of aryl methyl sites for hydroxylation is 1. The van der Waals surface area contributed by atoms with Gasteiger partial charge in [0.05, 0.1) is 44.5 Å². The van der Waals surface area contributed by atoms with Crippen LogP contribution in [0, 0.1) is 6.92 Å². The average Bonchev–Trinajstić information content (AvgIpc) is 3.01. The Hall–Kier alpha value is -2.74. The van der Waals surface area contributed by atoms with E-state index >= 15 is 0 Å². The van der Waals surface area contributed by atoms with Crippen LogP contribution in [-0.4, -0.2) is 85.7 Å². The Kier molecular flexibility index (Phi) is 13.5. The topological polar surface area (TPSA) is 118 Å². The van der Waals surface area contributed by atoms with Crippen molar-refractivity contribution in [1.82, 2.24) is 14.9 Å². The zero-order valence-electron chi connectivity index (χ0n) is 25.5. The summed E-state index contributed by atoms with van der Waals surface area (Å²) in [5, 5.41) is 6.71. The molecule has 2 amide bonds. The third-order valence-corrected chi connectivity index (χ3v) is 9.24. The molecular weight excluding hydrogens is 639 g/mol. The lowest BCUT2D eigenvalue weighted by molar-refractivity contribution is 0.0165. The summed E-state index contributed by atoms with van der Waals surface area (Å²) in [4.78, 5) is 14.2. The minimum Gasteiger partial charge on any atom is -0.378 e. The molecule has 0 saturated carbocycles. The van der Waals surface area contributed by atoms with Crippen molar-refractivity contribution in [2.24, 2.45) is 0 Å². The molecule has 0 aromatic heterocycles. The van der Waals surface area contributed by atoms with Gasteiger partial charge in [-0.2, -0.15) is 0 Å². The quantitative estimate of drug-likeness (QED) is 0.182. The van der Waals surface area contributed by atoms with Gasteiger partial charge >= 0.3 is 6.03 Å². The Morgan fingerprint density at radius 2 is 1.51 bits per heavy atom. The number of anilines is 1. The number of amides is 2. The van der Waals surface area contributed by atoms with Gasteiger partial charge in [0.25, 0.3) is 0 Å². The number of fused-ring (bicyclic) bond motifs is 1. The number of nitrogens with zero attached hydrogens (tertiary/aromatic N) is 1. The van der Waals surface area contributed by atoms with Crippen molar-refractivity contribution in [3.8, 4) is 0 Å². The van der Waals surface area contributed by atoms with Crippen LogP contribution in [0.5, 0.6) is 0 Å². The molecule has 13 heteroatoms. The Bertz CT molecular complexity index is 1510. The molecule has 3 N–H and O–H groups in total. The lowest BCUT2D eigenvalue weighted by Crippen LogP contribution is -2.31. The lowest BCUT2D eigenvalue weighted by Gasteiger charge is -2.33. The van der Waals surface area contributed by atoms with E-state index in [0.29, 0.717) is 49.6 Å². The van der Waals surface area contributed by atoms with Crippen molar-refractivity contribution in [2.45, 2.75) is 24.3 Å². The first-order chi connectivity index (χ1) is 21.6. The SMILES string of the molecule is Cc1ccc(NC(=O)NCCOCCOCCOCCNS(=O)(=O)c2ccc(C3CN(C)Cc4c(Cl)cc(Cl)cc43)cc2)cc1. The van der Waals surface area contributed by atoms with Gasteiger partial charge in [-0.1, -0.05) is 53.0 Å². The summed E-state index contributed by atoms with van der Waals surface area (Å²) in [5.74, 6) is 0.0294. The van der Waals surface area contributed by atoms with E-state index in [1.165, 1.54) is 0 Å². The second kappa shape index (κ2) is 17.3. The van der Waals surface area contributed by atoms with Crippen LogP contribution in [-0.2, 0) is 30.8 Å². The fraction of sp³-hybridized carbons (Fsp3) is 0.406. The van der Waals surface area contributed by atoms with Gasteiger partial charge in [0, 0.05) is 47.8 Å². The number of benzene rings is 3. The molecule has 0 aliphatic carbocycles. The number of likely N-dealkylation sites (N-methyl/N-ethyl adjacent to an activating group) is 1. The first-order valence-electron chi connectivity index (χ1n) is 14.7. The van der Waals surface area contributed by atoms with Crippen LogP contribution in [0.25, 0.3) is 0 Å². The smallest absolute Gasteiger partial charge is 0.319 e. The second-order valence-electron chi connectivity index (χ2n) is 10.8. The summed E-state index contributed by atoms with van der Waals surface area (Å²) in [7, 11) is -1.66. The van der Waals surface area contributed by atoms with Gasteiger partial charge in [-0.15, -0.1) is 0 Å². The van der Waals surface area contributed by atoms with E-state index in [0.717, 1.165) is 41.0 Å². The molecule has 0 bridgehead atoms. The summed E-state index contributed by atoms with van der Waals surface area (Å²) in [6.07, 6.45) is 0. The lowest BCUT2D eigenvalue weighted by atomic mass is 9.85. The number of hydrogen-bond acceptors (Lipinski definition) is 7. The highest BCUT2D eigenvalue weighted by molar-refractivity contribution is 7.89. The summed E-state index contributed by atoms with van der Waals surface area (Å²) in [5.41, 5.74) is 4.96. The number of ether oxygens (including phenoxy) is 3. The van der Waals surface area contributed by atoms with Crippen molar-refractivity contribution in [1.29, 1.82) is 0 Å². The molecule has 244 valence electrons. The summed E-state index contributed by atoms with van der Waals surface area (Å²) in [6, 6.07) is 17.9. The summed E-state index contributed by atoms with van der Waals surface area (Å²) < 4.78 is 44.6. The maximum Gasteiger partial charge on any atom is 0.319 e. The number of sulfonamides is 1. The molecule has 3 aromatic rings. The highest BCUT2D eigenvalue weighted by atomic mass is 35.5. The van der Waals surface area contributed by atoms with Crippen LogP contribution in [0.4, 0.5) is 10.5 Å². The molecule has 0 fully saturated rings. The first kappa shape index (κ1) is 35.1. The molecule has 1 unspecified atom stereocenters. The number of urea groups is 1. The molecule has 1 aliphatic heterocycles. The van der Waals surface area contributed by atoms with Gasteiger partial charge in [0.15, 0.2) is 0 Å². The molecule has 3 aromatic carbocycles. The van der Waals surface area contributed by atoms with Crippen molar-refractivity contribution >= 4 is 44.9 Å². The summed E-state index contributed by atoms with van der Waals surface area (Å²) in [6.45, 7) is 6.00. The van der Waals surface area contributed by atoms with Crippen molar-refractivity contribution < 1.29 is 27.4 Å². The number of rotatable bonds is 16. The van der Waals surface area contributed by atoms with Gasteiger partial charge in [-0.05, 0) is 67.1 Å². The molecule has 1 atom stereocenters. The second-order valence-corrected chi connectivity index (χ2v) is 13.4. The highest BCUT2D eigenvalue weighted by Gasteiger charge is 2.27. The van der Waals surface area contributed by atoms with Crippen LogP contribution >= 0.6 is 23.2 Å². The Morgan fingerprint density at radius 3 is 2.18 bits per heavy atom. The van der Waals surface area contributed by atoms with Crippen molar-refractivity contribution in [2.75, 3.05) is 71.6 Å². The molecule has 0 radical (unpaired) electrons. The molecule has 1 heterocycles. The maximum atomic E-state index is 12.8. The van der Waals surface area contributed by atoms with Crippen LogP contribution in [0.2, 0.25) is 10.0 Å². The monoisotopic (exact) mass is 678 g/mol.